The Hall–Kier alpha value is -1.83. The minimum absolute atomic E-state index is 0.160. The highest BCUT2D eigenvalue weighted by Gasteiger charge is 2.22. The molecule has 0 aromatic heterocycles. The summed E-state index contributed by atoms with van der Waals surface area (Å²) in [4.78, 5) is 13.6. The molecule has 140 valence electrons. The molecule has 0 heterocycles. The third kappa shape index (κ3) is 5.59. The van der Waals surface area contributed by atoms with E-state index in [1.165, 1.54) is 12.1 Å². The largest absolute Gasteiger partial charge is 0.322 e. The van der Waals surface area contributed by atoms with Crippen LogP contribution in [0.15, 0.2) is 58.3 Å². The molecule has 0 aliphatic carbocycles. The normalized spacial score (nSPS) is 12.0. The number of benzene rings is 2. The Morgan fingerprint density at radius 3 is 2.23 bits per heavy atom. The maximum Gasteiger partial charge on any atom is 0.256 e. The average Bonchev–Trinajstić information content (AvgIpc) is 2.54. The van der Waals surface area contributed by atoms with Crippen LogP contribution >= 0.6 is 11.8 Å². The Kier molecular flexibility index (Phi) is 6.49. The molecular weight excluding hydrogens is 368 g/mol. The highest BCUT2D eigenvalue weighted by molar-refractivity contribution is 7.99. The molecule has 5 nitrogen and oxygen atoms in total. The first-order valence-corrected chi connectivity index (χ1v) is 10.8. The first kappa shape index (κ1) is 20.5. The average molecular weight is 393 g/mol. The molecule has 0 fully saturated rings. The minimum Gasteiger partial charge on any atom is -0.322 e. The van der Waals surface area contributed by atoms with Gasteiger partial charge < -0.3 is 5.32 Å². The zero-order valence-electron chi connectivity index (χ0n) is 15.4. The van der Waals surface area contributed by atoms with Gasteiger partial charge in [-0.1, -0.05) is 19.1 Å². The van der Waals surface area contributed by atoms with Crippen molar-refractivity contribution in [3.05, 3.63) is 54.1 Å². The zero-order chi connectivity index (χ0) is 19.4. The molecule has 1 amide bonds. The van der Waals surface area contributed by atoms with Gasteiger partial charge in [0.1, 0.15) is 0 Å². The summed E-state index contributed by atoms with van der Waals surface area (Å²) in [6.45, 7) is 7.38. The van der Waals surface area contributed by atoms with Gasteiger partial charge in [0.25, 0.3) is 5.91 Å². The second kappa shape index (κ2) is 8.24. The second-order valence-electron chi connectivity index (χ2n) is 6.76. The summed E-state index contributed by atoms with van der Waals surface area (Å²) in [5, 5.41) is 2.82. The van der Waals surface area contributed by atoms with E-state index in [1.54, 1.807) is 50.7 Å². The summed E-state index contributed by atoms with van der Waals surface area (Å²) < 4.78 is 27.2. The van der Waals surface area contributed by atoms with Crippen molar-refractivity contribution in [1.29, 1.82) is 0 Å². The van der Waals surface area contributed by atoms with Crippen LogP contribution in [0, 0.1) is 0 Å². The topological polar surface area (TPSA) is 75.3 Å². The summed E-state index contributed by atoms with van der Waals surface area (Å²) in [7, 11) is -3.60. The fourth-order valence-electron chi connectivity index (χ4n) is 2.31. The van der Waals surface area contributed by atoms with Crippen molar-refractivity contribution in [2.45, 2.75) is 43.0 Å². The lowest BCUT2D eigenvalue weighted by molar-refractivity contribution is 0.102. The first-order valence-electron chi connectivity index (χ1n) is 8.29. The molecule has 0 unspecified atom stereocenters. The molecule has 0 aliphatic heterocycles. The second-order valence-corrected chi connectivity index (χ2v) is 9.75. The predicted molar refractivity (Wildman–Crippen MR) is 107 cm³/mol. The number of hydrogen-bond donors (Lipinski definition) is 2. The van der Waals surface area contributed by atoms with Crippen molar-refractivity contribution in [3.8, 4) is 0 Å². The van der Waals surface area contributed by atoms with Crippen LogP contribution in [0.4, 0.5) is 5.69 Å². The smallest absolute Gasteiger partial charge is 0.256 e. The third-order valence-electron chi connectivity index (χ3n) is 3.29. The monoisotopic (exact) mass is 392 g/mol. The van der Waals surface area contributed by atoms with Crippen LogP contribution in [0.5, 0.6) is 0 Å². The van der Waals surface area contributed by atoms with Crippen molar-refractivity contribution < 1.29 is 13.2 Å². The minimum atomic E-state index is -3.60. The molecule has 0 radical (unpaired) electrons. The van der Waals surface area contributed by atoms with Gasteiger partial charge in [-0.25, -0.2) is 13.1 Å². The number of hydrogen-bond acceptors (Lipinski definition) is 4. The molecule has 2 N–H and O–H groups in total. The molecule has 0 atom stereocenters. The third-order valence-corrected chi connectivity index (χ3v) is 6.02. The SMILES string of the molecule is CCSc1ccccc1C(=O)Nc1ccc(S(=O)(=O)NC(C)(C)C)cc1. The summed E-state index contributed by atoms with van der Waals surface area (Å²) in [6, 6.07) is 13.6. The van der Waals surface area contributed by atoms with Gasteiger partial charge in [-0.3, -0.25) is 4.79 Å². The number of amides is 1. The molecule has 2 aromatic rings. The van der Waals surface area contributed by atoms with Gasteiger partial charge >= 0.3 is 0 Å². The van der Waals surface area contributed by atoms with Crippen LogP contribution in [-0.2, 0) is 10.0 Å². The molecule has 26 heavy (non-hydrogen) atoms. The number of sulfonamides is 1. The summed E-state index contributed by atoms with van der Waals surface area (Å²) in [5.74, 6) is 0.655. The van der Waals surface area contributed by atoms with E-state index in [9.17, 15) is 13.2 Å². The summed E-state index contributed by atoms with van der Waals surface area (Å²) in [6.07, 6.45) is 0. The molecule has 0 bridgehead atoms. The molecule has 7 heteroatoms. The van der Waals surface area contributed by atoms with Gasteiger partial charge in [0, 0.05) is 16.1 Å². The van der Waals surface area contributed by atoms with Crippen molar-refractivity contribution in [2.24, 2.45) is 0 Å². The molecular formula is C19H24N2O3S2. The van der Waals surface area contributed by atoms with E-state index in [1.807, 2.05) is 25.1 Å². The fourth-order valence-corrected chi connectivity index (χ4v) is 4.53. The van der Waals surface area contributed by atoms with E-state index in [0.29, 0.717) is 11.3 Å². The number of carbonyl (C=O) groups excluding carboxylic acids is 1. The predicted octanol–water partition coefficient (Wildman–Crippen LogP) is 4.13. The molecule has 0 saturated heterocycles. The van der Waals surface area contributed by atoms with Gasteiger partial charge in [-0.15, -0.1) is 11.8 Å². The summed E-state index contributed by atoms with van der Waals surface area (Å²) in [5.41, 5.74) is 0.582. The highest BCUT2D eigenvalue weighted by atomic mass is 32.2. The van der Waals surface area contributed by atoms with Crippen molar-refractivity contribution in [1.82, 2.24) is 4.72 Å². The van der Waals surface area contributed by atoms with Crippen LogP contribution in [-0.4, -0.2) is 25.6 Å². The Morgan fingerprint density at radius 2 is 1.65 bits per heavy atom. The molecule has 2 rings (SSSR count). The lowest BCUT2D eigenvalue weighted by atomic mass is 10.1. The molecule has 0 aliphatic rings. The standard InChI is InChI=1S/C19H24N2O3S2/c1-5-25-17-9-7-6-8-16(17)18(22)20-14-10-12-15(13-11-14)26(23,24)21-19(2,3)4/h6-13,21H,5H2,1-4H3,(H,20,22). The fraction of sp³-hybridized carbons (Fsp3) is 0.316. The van der Waals surface area contributed by atoms with E-state index >= 15 is 0 Å². The highest BCUT2D eigenvalue weighted by Crippen LogP contribution is 2.23. The first-order chi connectivity index (χ1) is 12.1. The van der Waals surface area contributed by atoms with Crippen LogP contribution < -0.4 is 10.0 Å². The van der Waals surface area contributed by atoms with Gasteiger partial charge in [-0.2, -0.15) is 0 Å². The summed E-state index contributed by atoms with van der Waals surface area (Å²) >= 11 is 1.60. The van der Waals surface area contributed by atoms with Gasteiger partial charge in [0.15, 0.2) is 0 Å². The van der Waals surface area contributed by atoms with Crippen molar-refractivity contribution >= 4 is 33.4 Å². The maximum atomic E-state index is 12.5. The number of carbonyl (C=O) groups is 1. The van der Waals surface area contributed by atoms with E-state index in [0.717, 1.165) is 10.6 Å². The Balaban J connectivity index is 2.16. The number of anilines is 1. The van der Waals surface area contributed by atoms with E-state index in [2.05, 4.69) is 10.0 Å². The number of thioether (sulfide) groups is 1. The molecule has 2 aromatic carbocycles. The molecule has 0 saturated carbocycles. The van der Waals surface area contributed by atoms with Crippen LogP contribution in [0.3, 0.4) is 0 Å². The Morgan fingerprint density at radius 1 is 1.04 bits per heavy atom. The Bertz CT molecular complexity index is 870. The van der Waals surface area contributed by atoms with Crippen LogP contribution in [0.25, 0.3) is 0 Å². The van der Waals surface area contributed by atoms with Crippen molar-refractivity contribution in [2.75, 3.05) is 11.1 Å². The van der Waals surface area contributed by atoms with Gasteiger partial charge in [-0.05, 0) is 62.9 Å². The van der Waals surface area contributed by atoms with Crippen LogP contribution in [0.2, 0.25) is 0 Å². The maximum absolute atomic E-state index is 12.5. The number of nitrogens with one attached hydrogen (secondary N) is 2. The quantitative estimate of drug-likeness (QED) is 0.725. The van der Waals surface area contributed by atoms with Crippen LogP contribution in [0.1, 0.15) is 38.1 Å². The van der Waals surface area contributed by atoms with Crippen molar-refractivity contribution in [3.63, 3.8) is 0 Å². The Labute approximate surface area is 159 Å². The van der Waals surface area contributed by atoms with E-state index < -0.39 is 15.6 Å². The number of rotatable bonds is 6. The lowest BCUT2D eigenvalue weighted by Gasteiger charge is -2.20. The lowest BCUT2D eigenvalue weighted by Crippen LogP contribution is -2.40. The zero-order valence-corrected chi connectivity index (χ0v) is 17.0. The van der Waals surface area contributed by atoms with E-state index in [-0.39, 0.29) is 10.8 Å². The van der Waals surface area contributed by atoms with Gasteiger partial charge in [0.05, 0.1) is 10.5 Å². The van der Waals surface area contributed by atoms with E-state index in [4.69, 9.17) is 0 Å². The van der Waals surface area contributed by atoms with Gasteiger partial charge in [0.2, 0.25) is 10.0 Å². The molecule has 0 spiro atoms.